The van der Waals surface area contributed by atoms with Gasteiger partial charge in [-0.3, -0.25) is 20.0 Å². The number of aromatic hydroxyl groups is 2. The van der Waals surface area contributed by atoms with Crippen LogP contribution in [0.2, 0.25) is 0 Å². The number of hydrogen-bond acceptors (Lipinski definition) is 6. The predicted octanol–water partition coefficient (Wildman–Crippen LogP) is 12.2. The largest absolute Gasteiger partial charge is 0.507 e. The molecule has 6 aromatic rings. The van der Waals surface area contributed by atoms with Crippen molar-refractivity contribution in [1.82, 2.24) is 0 Å². The van der Waals surface area contributed by atoms with Crippen LogP contribution in [0.15, 0.2) is 141 Å². The van der Waals surface area contributed by atoms with Gasteiger partial charge >= 0.3 is 0 Å². The molecule has 0 radical (unpaired) electrons. The minimum atomic E-state index is -0.183. The van der Waals surface area contributed by atoms with Crippen LogP contribution in [-0.2, 0) is 23.7 Å². The van der Waals surface area contributed by atoms with Crippen LogP contribution in [0.5, 0.6) is 11.5 Å². The zero-order valence-corrected chi connectivity index (χ0v) is 33.0. The van der Waals surface area contributed by atoms with Gasteiger partial charge in [0.2, 0.25) is 0 Å². The molecule has 0 saturated heterocycles. The number of phenolic OH excluding ortho intramolecular Hbond substituents is 2. The molecule has 0 spiro atoms. The summed E-state index contributed by atoms with van der Waals surface area (Å²) in [5, 5.41) is 23.3. The minimum Gasteiger partial charge on any atom is -0.507 e. The van der Waals surface area contributed by atoms with Crippen LogP contribution in [0, 0.1) is 0 Å². The third-order valence-electron chi connectivity index (χ3n) is 10.2. The topological polar surface area (TPSA) is 89.9 Å². The van der Waals surface area contributed by atoms with Gasteiger partial charge in [-0.25, -0.2) is 0 Å². The van der Waals surface area contributed by atoms with Gasteiger partial charge in [0.1, 0.15) is 11.5 Å². The van der Waals surface area contributed by atoms with E-state index >= 15 is 0 Å². The van der Waals surface area contributed by atoms with Crippen molar-refractivity contribution in [3.05, 3.63) is 177 Å². The minimum absolute atomic E-state index is 0.121. The number of phenols is 2. The SMILES string of the molecule is CC(C)(C)c1cc2c(O)c(c1)C=Nc1ccccc1Cc1ccccc1N=Cc1cc(C(C)(C)C)cc(c1O)C=Nc1ccccc1Cc1ccccc1N=C2. The fraction of sp³-hybridized carbons (Fsp3) is 0.200. The molecule has 56 heavy (non-hydrogen) atoms. The second kappa shape index (κ2) is 15.8. The average Bonchev–Trinajstić information content (AvgIpc) is 3.17. The van der Waals surface area contributed by atoms with Crippen molar-refractivity contribution in [1.29, 1.82) is 0 Å². The molecule has 4 bridgehead atoms. The summed E-state index contributed by atoms with van der Waals surface area (Å²) in [6.07, 6.45) is 8.15. The fourth-order valence-corrected chi connectivity index (χ4v) is 6.73. The number of hydrogen-bond donors (Lipinski definition) is 2. The van der Waals surface area contributed by atoms with E-state index in [2.05, 4.69) is 65.8 Å². The van der Waals surface area contributed by atoms with E-state index in [9.17, 15) is 10.2 Å². The highest BCUT2D eigenvalue weighted by molar-refractivity contribution is 5.95. The molecule has 0 amide bonds. The first kappa shape index (κ1) is 37.9. The lowest BCUT2D eigenvalue weighted by Gasteiger charge is -2.21. The second-order valence-corrected chi connectivity index (χ2v) is 16.4. The Balaban J connectivity index is 1.42. The van der Waals surface area contributed by atoms with E-state index in [0.717, 1.165) is 56.1 Å². The molecule has 0 saturated carbocycles. The van der Waals surface area contributed by atoms with Gasteiger partial charge < -0.3 is 10.2 Å². The summed E-state index contributed by atoms with van der Waals surface area (Å²) < 4.78 is 0. The Hall–Kier alpha value is -6.40. The Labute approximate surface area is 330 Å². The summed E-state index contributed by atoms with van der Waals surface area (Å²) in [5.41, 5.74) is 11.5. The maximum Gasteiger partial charge on any atom is 0.133 e. The first-order valence-electron chi connectivity index (χ1n) is 19.1. The van der Waals surface area contributed by atoms with Gasteiger partial charge in [0.15, 0.2) is 0 Å². The molecule has 0 fully saturated rings. The number of fused-ring (bicyclic) bond motifs is 8. The van der Waals surface area contributed by atoms with Crippen molar-refractivity contribution < 1.29 is 10.2 Å². The van der Waals surface area contributed by atoms with Crippen LogP contribution in [0.3, 0.4) is 0 Å². The Morgan fingerprint density at radius 1 is 0.375 bits per heavy atom. The maximum atomic E-state index is 11.7. The summed E-state index contributed by atoms with van der Waals surface area (Å²) in [5.74, 6) is 0.241. The van der Waals surface area contributed by atoms with E-state index in [1.54, 1.807) is 24.9 Å². The molecular weight excluding hydrogens is 689 g/mol. The van der Waals surface area contributed by atoms with Crippen LogP contribution in [-0.4, -0.2) is 35.1 Å². The Morgan fingerprint density at radius 3 is 0.839 bits per heavy atom. The number of rotatable bonds is 0. The van der Waals surface area contributed by atoms with Gasteiger partial charge in [-0.15, -0.1) is 0 Å². The first-order chi connectivity index (χ1) is 26.8. The first-order valence-corrected chi connectivity index (χ1v) is 19.1. The quantitative estimate of drug-likeness (QED) is 0.162. The highest BCUT2D eigenvalue weighted by atomic mass is 16.3. The predicted molar refractivity (Wildman–Crippen MR) is 234 cm³/mol. The summed E-state index contributed by atoms with van der Waals surface area (Å²) in [6.45, 7) is 13.0. The standard InChI is InChI=1S/C50H48N4O2/c1-49(2,3)41-25-37-29-51-43-19-11-7-15-33(43)23-35-17-9-13-21-45(35)53-31-39-27-42(50(4,5)6)28-40(48(39)56)32-54-46-22-14-10-18-36(46)24-34-16-8-12-20-44(34)52-30-38(26-41)47(37)55/h7-22,25-32,55-56H,23-24H2,1-6H3. The van der Waals surface area contributed by atoms with Crippen LogP contribution in [0.4, 0.5) is 22.7 Å². The normalized spacial score (nSPS) is 13.2. The molecule has 1 aliphatic rings. The smallest absolute Gasteiger partial charge is 0.133 e. The molecule has 0 aliphatic carbocycles. The number of aliphatic imine (C=N–C) groups is 4. The van der Waals surface area contributed by atoms with Gasteiger partial charge in [0, 0.05) is 60.0 Å². The molecule has 0 aromatic heterocycles. The number of para-hydroxylation sites is 4. The molecule has 0 unspecified atom stereocenters. The van der Waals surface area contributed by atoms with Crippen molar-refractivity contribution in [2.75, 3.05) is 0 Å². The Kier molecular flexibility index (Phi) is 10.7. The number of benzene rings is 6. The Bertz CT molecular complexity index is 2200. The molecule has 2 N–H and O–H groups in total. The molecule has 6 heteroatoms. The lowest BCUT2D eigenvalue weighted by molar-refractivity contribution is 0.471. The Morgan fingerprint density at radius 2 is 0.607 bits per heavy atom. The molecule has 6 nitrogen and oxygen atoms in total. The third-order valence-corrected chi connectivity index (χ3v) is 10.2. The summed E-state index contributed by atoms with van der Waals surface area (Å²) in [7, 11) is 0. The van der Waals surface area contributed by atoms with Gasteiger partial charge in [-0.1, -0.05) is 114 Å². The van der Waals surface area contributed by atoms with Gasteiger partial charge in [0.05, 0.1) is 22.7 Å². The lowest BCUT2D eigenvalue weighted by atomic mass is 9.85. The second-order valence-electron chi connectivity index (χ2n) is 16.4. The van der Waals surface area contributed by atoms with Crippen LogP contribution < -0.4 is 0 Å². The molecule has 280 valence electrons. The van der Waals surface area contributed by atoms with Crippen LogP contribution in [0.1, 0.15) is 97.2 Å². The maximum absolute atomic E-state index is 11.7. The van der Waals surface area contributed by atoms with Crippen molar-refractivity contribution in [3.8, 4) is 11.5 Å². The van der Waals surface area contributed by atoms with Gasteiger partial charge in [0.25, 0.3) is 0 Å². The molecule has 7 rings (SSSR count). The van der Waals surface area contributed by atoms with E-state index in [1.165, 1.54) is 0 Å². The fourth-order valence-electron chi connectivity index (χ4n) is 6.73. The van der Waals surface area contributed by atoms with Crippen molar-refractivity contribution >= 4 is 47.6 Å². The average molecular weight is 737 g/mol. The van der Waals surface area contributed by atoms with Crippen LogP contribution in [0.25, 0.3) is 0 Å². The molecule has 1 aliphatic heterocycles. The van der Waals surface area contributed by atoms with Gasteiger partial charge in [-0.05, 0) is 92.7 Å². The monoisotopic (exact) mass is 736 g/mol. The summed E-state index contributed by atoms with van der Waals surface area (Å²) in [4.78, 5) is 19.8. The third kappa shape index (κ3) is 8.61. The molecule has 0 atom stereocenters. The number of nitrogens with zero attached hydrogens (tertiary/aromatic N) is 4. The molecule has 6 aromatic carbocycles. The summed E-state index contributed by atoms with van der Waals surface area (Å²) in [6, 6.07) is 40.2. The zero-order valence-electron chi connectivity index (χ0n) is 33.0. The van der Waals surface area contributed by atoms with Crippen LogP contribution >= 0.6 is 0 Å². The van der Waals surface area contributed by atoms with E-state index < -0.39 is 0 Å². The molecular formula is C50H48N4O2. The zero-order chi connectivity index (χ0) is 39.5. The van der Waals surface area contributed by atoms with Crippen molar-refractivity contribution in [2.45, 2.75) is 65.2 Å². The summed E-state index contributed by atoms with van der Waals surface area (Å²) >= 11 is 0. The van der Waals surface area contributed by atoms with Crippen molar-refractivity contribution in [2.24, 2.45) is 20.0 Å². The van der Waals surface area contributed by atoms with Gasteiger partial charge in [-0.2, -0.15) is 0 Å². The van der Waals surface area contributed by atoms with Crippen molar-refractivity contribution in [3.63, 3.8) is 0 Å². The van der Waals surface area contributed by atoms with E-state index in [4.69, 9.17) is 20.0 Å². The lowest BCUT2D eigenvalue weighted by Crippen LogP contribution is -2.12. The highest BCUT2D eigenvalue weighted by Crippen LogP contribution is 2.35. The van der Waals surface area contributed by atoms with E-state index in [0.29, 0.717) is 35.1 Å². The highest BCUT2D eigenvalue weighted by Gasteiger charge is 2.20. The van der Waals surface area contributed by atoms with E-state index in [-0.39, 0.29) is 22.3 Å². The van der Waals surface area contributed by atoms with E-state index in [1.807, 2.05) is 97.1 Å². The molecule has 1 heterocycles.